The zero-order valence-corrected chi connectivity index (χ0v) is 19.3. The van der Waals surface area contributed by atoms with E-state index < -0.39 is 11.7 Å². The van der Waals surface area contributed by atoms with E-state index in [-0.39, 0.29) is 12.1 Å². The maximum Gasteiger partial charge on any atom is 0.410 e. The molecule has 0 radical (unpaired) electrons. The van der Waals surface area contributed by atoms with Crippen molar-refractivity contribution in [2.75, 3.05) is 14.1 Å². The average molecular weight is 443 g/mol. The summed E-state index contributed by atoms with van der Waals surface area (Å²) in [6, 6.07) is 7.12. The number of halogens is 1. The van der Waals surface area contributed by atoms with E-state index in [1.165, 1.54) is 16.8 Å². The van der Waals surface area contributed by atoms with Gasteiger partial charge in [0, 0.05) is 41.9 Å². The van der Waals surface area contributed by atoms with E-state index in [0.717, 1.165) is 17.5 Å². The number of carbonyl (C=O) groups excluding carboxylic acids is 3. The molecule has 1 rings (SSSR count). The summed E-state index contributed by atoms with van der Waals surface area (Å²) in [5, 5.41) is 0.661. The summed E-state index contributed by atoms with van der Waals surface area (Å²) in [6.07, 6.45) is 2.99. The molecular weight excluding hydrogens is 412 g/mol. The van der Waals surface area contributed by atoms with Gasteiger partial charge in [0.1, 0.15) is 18.2 Å². The Morgan fingerprint density at radius 3 is 2.28 bits per heavy atom. The first-order valence-corrected chi connectivity index (χ1v) is 10.7. The van der Waals surface area contributed by atoms with Gasteiger partial charge < -0.3 is 19.2 Å². The van der Waals surface area contributed by atoms with Crippen LogP contribution in [-0.2, 0) is 14.3 Å². The average Bonchev–Trinajstić information content (AvgIpc) is 2.64. The minimum Gasteiger partial charge on any atom is -0.444 e. The van der Waals surface area contributed by atoms with Crippen LogP contribution in [-0.4, -0.2) is 59.7 Å². The monoisotopic (exact) mass is 442 g/mol. The number of rotatable bonds is 11. The molecule has 1 aromatic rings. The summed E-state index contributed by atoms with van der Waals surface area (Å²) in [5.41, 5.74) is -0.607. The molecule has 0 saturated carbocycles. The van der Waals surface area contributed by atoms with E-state index in [2.05, 4.69) is 0 Å². The van der Waals surface area contributed by atoms with Crippen molar-refractivity contribution in [1.82, 2.24) is 9.21 Å². The largest absolute Gasteiger partial charge is 0.444 e. The van der Waals surface area contributed by atoms with Crippen LogP contribution >= 0.6 is 23.5 Å². The zero-order chi connectivity index (χ0) is 22.0. The lowest BCUT2D eigenvalue weighted by atomic mass is 10.00. The second-order valence-corrected chi connectivity index (χ2v) is 9.54. The van der Waals surface area contributed by atoms with Crippen LogP contribution in [0.15, 0.2) is 29.2 Å². The molecule has 0 N–H and O–H groups in total. The number of hydrogen-bond acceptors (Lipinski definition) is 6. The quantitative estimate of drug-likeness (QED) is 0.360. The summed E-state index contributed by atoms with van der Waals surface area (Å²) in [5.74, 6) is 0. The predicted octanol–water partition coefficient (Wildman–Crippen LogP) is 4.84. The molecule has 0 bridgehead atoms. The molecule has 29 heavy (non-hydrogen) atoms. The third-order valence-corrected chi connectivity index (χ3v) is 5.66. The maximum absolute atomic E-state index is 12.5. The fraction of sp³-hybridized carbons (Fsp3) is 0.571. The first-order valence-electron chi connectivity index (χ1n) is 9.56. The van der Waals surface area contributed by atoms with Crippen molar-refractivity contribution in [1.29, 1.82) is 0 Å². The second-order valence-electron chi connectivity index (χ2n) is 7.87. The molecule has 1 aromatic carbocycles. The normalized spacial score (nSPS) is 13.6. The van der Waals surface area contributed by atoms with Crippen molar-refractivity contribution >= 4 is 42.2 Å². The van der Waals surface area contributed by atoms with E-state index in [1.54, 1.807) is 7.05 Å². The molecule has 0 aromatic heterocycles. The number of amides is 1. The molecule has 0 aliphatic rings. The van der Waals surface area contributed by atoms with Crippen LogP contribution in [0.4, 0.5) is 4.79 Å². The van der Waals surface area contributed by atoms with Gasteiger partial charge in [-0.1, -0.05) is 11.6 Å². The maximum atomic E-state index is 12.5. The number of aldehydes is 2. The van der Waals surface area contributed by atoms with Gasteiger partial charge in [0.2, 0.25) is 0 Å². The Kier molecular flexibility index (Phi) is 10.7. The molecule has 0 aliphatic heterocycles. The van der Waals surface area contributed by atoms with Gasteiger partial charge in [-0.05, 0) is 76.9 Å². The van der Waals surface area contributed by atoms with Crippen LogP contribution < -0.4 is 0 Å². The van der Waals surface area contributed by atoms with Gasteiger partial charge in [-0.15, -0.1) is 0 Å². The minimum absolute atomic E-state index is 0.116. The first kappa shape index (κ1) is 25.5. The zero-order valence-electron chi connectivity index (χ0n) is 17.8. The molecule has 2 unspecified atom stereocenters. The number of hydrogen-bond donors (Lipinski definition) is 0. The van der Waals surface area contributed by atoms with E-state index >= 15 is 0 Å². The molecular formula is C21H31ClN2O4S. The van der Waals surface area contributed by atoms with Gasteiger partial charge in [-0.25, -0.2) is 9.10 Å². The van der Waals surface area contributed by atoms with Crippen molar-refractivity contribution < 1.29 is 19.1 Å². The first-order chi connectivity index (χ1) is 13.6. The van der Waals surface area contributed by atoms with Crippen molar-refractivity contribution in [3.63, 3.8) is 0 Å². The third kappa shape index (κ3) is 9.65. The van der Waals surface area contributed by atoms with E-state index in [1.807, 2.05) is 56.4 Å². The smallest absolute Gasteiger partial charge is 0.410 e. The van der Waals surface area contributed by atoms with E-state index in [0.29, 0.717) is 30.7 Å². The summed E-state index contributed by atoms with van der Waals surface area (Å²) >= 11 is 7.45. The van der Waals surface area contributed by atoms with Crippen LogP contribution in [0.3, 0.4) is 0 Å². The van der Waals surface area contributed by atoms with E-state index in [4.69, 9.17) is 16.3 Å². The van der Waals surface area contributed by atoms with Gasteiger partial charge in [-0.3, -0.25) is 0 Å². The molecule has 0 heterocycles. The number of benzene rings is 1. The topological polar surface area (TPSA) is 66.9 Å². The Hall–Kier alpha value is -1.57. The second kappa shape index (κ2) is 12.2. The lowest BCUT2D eigenvalue weighted by Crippen LogP contribution is -2.44. The highest BCUT2D eigenvalue weighted by atomic mass is 35.5. The summed E-state index contributed by atoms with van der Waals surface area (Å²) in [6.45, 7) is 5.43. The van der Waals surface area contributed by atoms with E-state index in [9.17, 15) is 14.4 Å². The molecule has 8 heteroatoms. The molecule has 0 aliphatic carbocycles. The Morgan fingerprint density at radius 2 is 1.76 bits per heavy atom. The van der Waals surface area contributed by atoms with Crippen molar-refractivity contribution in [2.24, 2.45) is 0 Å². The Balaban J connectivity index is 2.91. The van der Waals surface area contributed by atoms with Gasteiger partial charge in [-0.2, -0.15) is 0 Å². The molecule has 0 saturated heterocycles. The Bertz CT molecular complexity index is 664. The number of ether oxygens (including phenoxy) is 1. The lowest BCUT2D eigenvalue weighted by molar-refractivity contribution is -0.109. The van der Waals surface area contributed by atoms with Gasteiger partial charge >= 0.3 is 6.09 Å². The molecule has 2 atom stereocenters. The summed E-state index contributed by atoms with van der Waals surface area (Å²) < 4.78 is 7.48. The molecule has 6 nitrogen and oxygen atoms in total. The molecule has 162 valence electrons. The highest BCUT2D eigenvalue weighted by Crippen LogP contribution is 2.28. The van der Waals surface area contributed by atoms with Gasteiger partial charge in [0.05, 0.1) is 0 Å². The van der Waals surface area contributed by atoms with Crippen LogP contribution in [0.5, 0.6) is 0 Å². The van der Waals surface area contributed by atoms with Crippen LogP contribution in [0, 0.1) is 0 Å². The van der Waals surface area contributed by atoms with Gasteiger partial charge in [0.15, 0.2) is 0 Å². The summed E-state index contributed by atoms with van der Waals surface area (Å²) in [7, 11) is 3.59. The molecule has 0 fully saturated rings. The van der Waals surface area contributed by atoms with Crippen LogP contribution in [0.25, 0.3) is 0 Å². The SMILES string of the molecule is CN(Sc1ccc(Cl)cc1)C(CC=O)CC(CCC=O)N(C)C(=O)OC(C)(C)C. The fourth-order valence-electron chi connectivity index (χ4n) is 2.77. The Labute approximate surface area is 183 Å². The summed E-state index contributed by atoms with van der Waals surface area (Å²) in [4.78, 5) is 37.3. The third-order valence-electron chi connectivity index (χ3n) is 4.34. The van der Waals surface area contributed by atoms with Crippen molar-refractivity contribution in [3.05, 3.63) is 29.3 Å². The highest BCUT2D eigenvalue weighted by Gasteiger charge is 2.29. The fourth-order valence-corrected chi connectivity index (χ4v) is 3.81. The Morgan fingerprint density at radius 1 is 1.14 bits per heavy atom. The molecule has 0 spiro atoms. The van der Waals surface area contributed by atoms with Crippen LogP contribution in [0.2, 0.25) is 5.02 Å². The number of carbonyl (C=O) groups is 3. The predicted molar refractivity (Wildman–Crippen MR) is 117 cm³/mol. The number of nitrogens with zero attached hydrogens (tertiary/aromatic N) is 2. The lowest BCUT2D eigenvalue weighted by Gasteiger charge is -2.34. The van der Waals surface area contributed by atoms with Gasteiger partial charge in [0.25, 0.3) is 0 Å². The van der Waals surface area contributed by atoms with Crippen molar-refractivity contribution in [3.8, 4) is 0 Å². The van der Waals surface area contributed by atoms with Crippen molar-refractivity contribution in [2.45, 2.75) is 69.0 Å². The van der Waals surface area contributed by atoms with Crippen LogP contribution in [0.1, 0.15) is 46.5 Å². The standard InChI is InChI=1S/C21H31ClN2O4S/c1-21(2,3)28-20(27)23(4)17(7-6-13-25)15-18(12-14-26)24(5)29-19-10-8-16(22)9-11-19/h8-11,13-14,17-18H,6-7,12,15H2,1-5H3. The molecule has 1 amide bonds. The minimum atomic E-state index is -0.607. The highest BCUT2D eigenvalue weighted by molar-refractivity contribution is 7.97.